The maximum Gasteiger partial charge on any atom is 0.165 e. The van der Waals surface area contributed by atoms with Gasteiger partial charge in [0.25, 0.3) is 0 Å². The second-order valence-electron chi connectivity index (χ2n) is 4.53. The van der Waals surface area contributed by atoms with Crippen LogP contribution in [0.4, 0.5) is 4.39 Å². The lowest BCUT2D eigenvalue weighted by Crippen LogP contribution is -2.26. The van der Waals surface area contributed by atoms with E-state index >= 15 is 0 Å². The van der Waals surface area contributed by atoms with E-state index in [1.807, 2.05) is 19.9 Å². The summed E-state index contributed by atoms with van der Waals surface area (Å²) in [5.41, 5.74) is 0.881. The average molecular weight is 255 g/mol. The average Bonchev–Trinajstić information content (AvgIpc) is 2.31. The van der Waals surface area contributed by atoms with Crippen molar-refractivity contribution in [1.82, 2.24) is 5.32 Å². The Morgan fingerprint density at radius 3 is 2.50 bits per heavy atom. The Kier molecular flexibility index (Phi) is 5.56. The Morgan fingerprint density at radius 1 is 1.33 bits per heavy atom. The number of aliphatic hydroxyl groups excluding tert-OH is 1. The van der Waals surface area contributed by atoms with Gasteiger partial charge in [0.2, 0.25) is 0 Å². The van der Waals surface area contributed by atoms with Gasteiger partial charge in [-0.25, -0.2) is 4.39 Å². The number of rotatable bonds is 6. The molecule has 18 heavy (non-hydrogen) atoms. The van der Waals surface area contributed by atoms with E-state index < -0.39 is 18.0 Å². The first-order valence-electron chi connectivity index (χ1n) is 6.33. The van der Waals surface area contributed by atoms with Gasteiger partial charge in [-0.05, 0) is 45.0 Å². The summed E-state index contributed by atoms with van der Waals surface area (Å²) in [6, 6.07) is 5.02. The van der Waals surface area contributed by atoms with E-state index in [2.05, 4.69) is 5.32 Å². The van der Waals surface area contributed by atoms with Crippen LogP contribution in [-0.4, -0.2) is 23.9 Å². The number of aliphatic hydroxyl groups is 1. The van der Waals surface area contributed by atoms with Crippen molar-refractivity contribution in [3.05, 3.63) is 29.6 Å². The molecule has 102 valence electrons. The Labute approximate surface area is 108 Å². The van der Waals surface area contributed by atoms with E-state index in [4.69, 9.17) is 4.74 Å². The highest BCUT2D eigenvalue weighted by atomic mass is 19.1. The highest BCUT2D eigenvalue weighted by Gasteiger charge is 2.14. The largest absolute Gasteiger partial charge is 0.485 e. The lowest BCUT2D eigenvalue weighted by atomic mass is 10.1. The quantitative estimate of drug-likeness (QED) is 0.821. The molecule has 2 N–H and O–H groups in total. The van der Waals surface area contributed by atoms with Crippen LogP contribution in [-0.2, 0) is 0 Å². The third-order valence-corrected chi connectivity index (χ3v) is 2.96. The number of halogens is 1. The van der Waals surface area contributed by atoms with E-state index in [1.165, 1.54) is 6.07 Å². The van der Waals surface area contributed by atoms with E-state index in [9.17, 15) is 9.50 Å². The van der Waals surface area contributed by atoms with Gasteiger partial charge in [-0.1, -0.05) is 13.0 Å². The number of hydrogen-bond donors (Lipinski definition) is 2. The predicted octanol–water partition coefficient (Wildman–Crippen LogP) is 2.64. The first-order valence-corrected chi connectivity index (χ1v) is 6.33. The second kappa shape index (κ2) is 6.71. The molecular formula is C14H22FNO2. The SMILES string of the molecule is CCNC(C)c1ccc(OC(C)C(C)O)c(F)c1. The number of benzene rings is 1. The molecular weight excluding hydrogens is 233 g/mol. The molecule has 0 radical (unpaired) electrons. The van der Waals surface area contributed by atoms with Gasteiger partial charge in [0.15, 0.2) is 11.6 Å². The minimum atomic E-state index is -0.634. The van der Waals surface area contributed by atoms with E-state index in [1.54, 1.807) is 19.9 Å². The van der Waals surface area contributed by atoms with Gasteiger partial charge >= 0.3 is 0 Å². The minimum absolute atomic E-state index is 0.104. The zero-order valence-corrected chi connectivity index (χ0v) is 11.4. The highest BCUT2D eigenvalue weighted by Crippen LogP contribution is 2.23. The summed E-state index contributed by atoms with van der Waals surface area (Å²) in [5, 5.41) is 12.5. The summed E-state index contributed by atoms with van der Waals surface area (Å²) in [4.78, 5) is 0. The van der Waals surface area contributed by atoms with Crippen molar-refractivity contribution in [3.8, 4) is 5.75 Å². The summed E-state index contributed by atoms with van der Waals surface area (Å²) in [7, 11) is 0. The molecule has 0 aliphatic rings. The molecule has 0 bridgehead atoms. The molecule has 0 saturated carbocycles. The molecule has 0 fully saturated rings. The third-order valence-electron chi connectivity index (χ3n) is 2.96. The maximum atomic E-state index is 13.8. The van der Waals surface area contributed by atoms with Gasteiger partial charge in [-0.15, -0.1) is 0 Å². The minimum Gasteiger partial charge on any atom is -0.485 e. The fourth-order valence-electron chi connectivity index (χ4n) is 1.60. The first kappa shape index (κ1) is 14.9. The van der Waals surface area contributed by atoms with Crippen LogP contribution in [0.25, 0.3) is 0 Å². The van der Waals surface area contributed by atoms with Gasteiger partial charge in [-0.2, -0.15) is 0 Å². The Bertz CT molecular complexity index is 382. The molecule has 0 aliphatic carbocycles. The van der Waals surface area contributed by atoms with Crippen LogP contribution >= 0.6 is 0 Å². The zero-order chi connectivity index (χ0) is 13.7. The number of ether oxygens (including phenoxy) is 1. The van der Waals surface area contributed by atoms with E-state index in [0.29, 0.717) is 0 Å². The normalized spacial score (nSPS) is 16.1. The fraction of sp³-hybridized carbons (Fsp3) is 0.571. The van der Waals surface area contributed by atoms with Crippen molar-refractivity contribution in [2.75, 3.05) is 6.54 Å². The van der Waals surface area contributed by atoms with Crippen molar-refractivity contribution in [2.24, 2.45) is 0 Å². The molecule has 0 spiro atoms. The first-order chi connectivity index (χ1) is 8.45. The van der Waals surface area contributed by atoms with Crippen LogP contribution in [0.1, 0.15) is 39.3 Å². The smallest absolute Gasteiger partial charge is 0.165 e. The molecule has 3 unspecified atom stereocenters. The second-order valence-corrected chi connectivity index (χ2v) is 4.53. The number of nitrogens with one attached hydrogen (secondary N) is 1. The molecule has 4 heteroatoms. The standard InChI is InChI=1S/C14H22FNO2/c1-5-16-9(2)12-6-7-14(13(15)8-12)18-11(4)10(3)17/h6-11,16-17H,5H2,1-4H3. The highest BCUT2D eigenvalue weighted by molar-refractivity contribution is 5.31. The summed E-state index contributed by atoms with van der Waals surface area (Å²) in [5.74, 6) is -0.222. The molecule has 1 rings (SSSR count). The van der Waals surface area contributed by atoms with Crippen LogP contribution in [0.5, 0.6) is 5.75 Å². The topological polar surface area (TPSA) is 41.5 Å². The third kappa shape index (κ3) is 3.96. The van der Waals surface area contributed by atoms with Gasteiger partial charge in [0.1, 0.15) is 6.10 Å². The molecule has 0 aliphatic heterocycles. The molecule has 0 amide bonds. The molecule has 1 aromatic rings. The maximum absolute atomic E-state index is 13.8. The molecule has 0 saturated heterocycles. The van der Waals surface area contributed by atoms with Crippen molar-refractivity contribution < 1.29 is 14.2 Å². The molecule has 0 aromatic heterocycles. The van der Waals surface area contributed by atoms with Crippen LogP contribution in [0.2, 0.25) is 0 Å². The lowest BCUT2D eigenvalue weighted by molar-refractivity contribution is 0.0579. The Hall–Kier alpha value is -1.13. The zero-order valence-electron chi connectivity index (χ0n) is 11.4. The molecule has 0 heterocycles. The van der Waals surface area contributed by atoms with Crippen molar-refractivity contribution in [3.63, 3.8) is 0 Å². The van der Waals surface area contributed by atoms with Crippen LogP contribution in [0.3, 0.4) is 0 Å². The van der Waals surface area contributed by atoms with Crippen LogP contribution < -0.4 is 10.1 Å². The van der Waals surface area contributed by atoms with Crippen LogP contribution in [0, 0.1) is 5.82 Å². The van der Waals surface area contributed by atoms with Crippen molar-refractivity contribution >= 4 is 0 Å². The molecule has 1 aromatic carbocycles. The van der Waals surface area contributed by atoms with E-state index in [-0.39, 0.29) is 11.8 Å². The summed E-state index contributed by atoms with van der Waals surface area (Å²) >= 11 is 0. The Morgan fingerprint density at radius 2 is 2.00 bits per heavy atom. The molecule has 3 nitrogen and oxygen atoms in total. The fourth-order valence-corrected chi connectivity index (χ4v) is 1.60. The summed E-state index contributed by atoms with van der Waals surface area (Å²) < 4.78 is 19.2. The monoisotopic (exact) mass is 255 g/mol. The number of hydrogen-bond acceptors (Lipinski definition) is 3. The predicted molar refractivity (Wildman–Crippen MR) is 70.3 cm³/mol. The van der Waals surface area contributed by atoms with Crippen LogP contribution in [0.15, 0.2) is 18.2 Å². The van der Waals surface area contributed by atoms with Gasteiger partial charge in [0.05, 0.1) is 6.10 Å². The van der Waals surface area contributed by atoms with Gasteiger partial charge in [-0.3, -0.25) is 0 Å². The molecule has 3 atom stereocenters. The van der Waals surface area contributed by atoms with Gasteiger partial charge < -0.3 is 15.2 Å². The summed E-state index contributed by atoms with van der Waals surface area (Å²) in [6.07, 6.45) is -1.07. The van der Waals surface area contributed by atoms with Crippen molar-refractivity contribution in [2.45, 2.75) is 45.9 Å². The van der Waals surface area contributed by atoms with Crippen molar-refractivity contribution in [1.29, 1.82) is 0 Å². The lowest BCUT2D eigenvalue weighted by Gasteiger charge is -2.19. The Balaban J connectivity index is 2.79. The van der Waals surface area contributed by atoms with Gasteiger partial charge in [0, 0.05) is 6.04 Å². The summed E-state index contributed by atoms with van der Waals surface area (Å²) in [6.45, 7) is 8.15. The van der Waals surface area contributed by atoms with E-state index in [0.717, 1.165) is 12.1 Å².